The molecule has 1 amide bonds. The third-order valence-electron chi connectivity index (χ3n) is 4.19. The van der Waals surface area contributed by atoms with E-state index in [1.54, 1.807) is 0 Å². The monoisotopic (exact) mass is 354 g/mol. The van der Waals surface area contributed by atoms with Gasteiger partial charge in [-0.2, -0.15) is 5.10 Å². The van der Waals surface area contributed by atoms with Crippen LogP contribution < -0.4 is 5.43 Å². The maximum Gasteiger partial charge on any atom is 0.252 e. The number of carbonyl (C=O) groups is 1. The van der Waals surface area contributed by atoms with Crippen molar-refractivity contribution in [3.8, 4) is 0 Å². The fourth-order valence-corrected chi connectivity index (χ4v) is 2.81. The molecule has 0 saturated carbocycles. The molecule has 3 rings (SSSR count). The fraction of sp³-hybridized carbons (Fsp3) is 0.0833. The van der Waals surface area contributed by atoms with E-state index in [-0.39, 0.29) is 5.91 Å². The number of allylic oxidation sites excluding steroid dienone is 1. The normalized spacial score (nSPS) is 11.7. The predicted octanol–water partition coefficient (Wildman–Crippen LogP) is 5.02. The van der Waals surface area contributed by atoms with Gasteiger partial charge in [0.1, 0.15) is 0 Å². The van der Waals surface area contributed by atoms with Gasteiger partial charge in [-0.05, 0) is 29.7 Å². The lowest BCUT2D eigenvalue weighted by molar-refractivity contribution is -0.121. The van der Waals surface area contributed by atoms with Gasteiger partial charge in [0.2, 0.25) is 0 Å². The molecule has 3 nitrogen and oxygen atoms in total. The zero-order chi connectivity index (χ0) is 18.9. The second kappa shape index (κ2) is 9.30. The van der Waals surface area contributed by atoms with Crippen molar-refractivity contribution in [1.82, 2.24) is 5.43 Å². The Labute approximate surface area is 160 Å². The second-order valence-electron chi connectivity index (χ2n) is 6.23. The molecule has 1 N–H and O–H groups in total. The van der Waals surface area contributed by atoms with Crippen molar-refractivity contribution >= 4 is 17.7 Å². The highest BCUT2D eigenvalue weighted by Gasteiger charge is 2.22. The molecule has 3 aromatic rings. The van der Waals surface area contributed by atoms with Crippen LogP contribution in [0.15, 0.2) is 102 Å². The van der Waals surface area contributed by atoms with Crippen LogP contribution in [0.3, 0.4) is 0 Å². The number of nitrogens with zero attached hydrogens (tertiary/aromatic N) is 1. The largest absolute Gasteiger partial charge is 0.272 e. The fourth-order valence-electron chi connectivity index (χ4n) is 2.81. The molecule has 0 aliphatic rings. The van der Waals surface area contributed by atoms with Gasteiger partial charge in [0.05, 0.1) is 11.6 Å². The predicted molar refractivity (Wildman–Crippen MR) is 111 cm³/mol. The average Bonchev–Trinajstić information content (AvgIpc) is 2.73. The van der Waals surface area contributed by atoms with Gasteiger partial charge in [0.15, 0.2) is 0 Å². The minimum Gasteiger partial charge on any atom is -0.272 e. The van der Waals surface area contributed by atoms with E-state index in [9.17, 15) is 4.79 Å². The summed E-state index contributed by atoms with van der Waals surface area (Å²) in [5.41, 5.74) is 6.41. The number of hydrogen-bond donors (Lipinski definition) is 1. The maximum absolute atomic E-state index is 12.9. The highest BCUT2D eigenvalue weighted by atomic mass is 16.2. The van der Waals surface area contributed by atoms with Gasteiger partial charge in [0, 0.05) is 0 Å². The summed E-state index contributed by atoms with van der Waals surface area (Å²) in [6.45, 7) is 1.86. The Morgan fingerprint density at radius 2 is 1.30 bits per heavy atom. The number of hydrazone groups is 1. The molecule has 0 aliphatic carbocycles. The molecule has 0 heterocycles. The van der Waals surface area contributed by atoms with Gasteiger partial charge in [-0.25, -0.2) is 5.43 Å². The first-order chi connectivity index (χ1) is 13.2. The summed E-state index contributed by atoms with van der Waals surface area (Å²) >= 11 is 0. The molecule has 134 valence electrons. The van der Waals surface area contributed by atoms with Crippen molar-refractivity contribution in [2.24, 2.45) is 5.10 Å². The first kappa shape index (κ1) is 18.3. The van der Waals surface area contributed by atoms with Crippen LogP contribution in [0.5, 0.6) is 0 Å². The Bertz CT molecular complexity index is 877. The molecule has 0 aliphatic heterocycles. The number of hydrogen-bond acceptors (Lipinski definition) is 2. The van der Waals surface area contributed by atoms with Crippen molar-refractivity contribution in [3.63, 3.8) is 0 Å². The molecule has 0 fully saturated rings. The van der Waals surface area contributed by atoms with Crippen molar-refractivity contribution < 1.29 is 4.79 Å². The van der Waals surface area contributed by atoms with Crippen LogP contribution in [0.2, 0.25) is 0 Å². The lowest BCUT2D eigenvalue weighted by Gasteiger charge is -2.16. The van der Waals surface area contributed by atoms with Crippen LogP contribution >= 0.6 is 0 Å². The molecule has 0 aromatic heterocycles. The maximum atomic E-state index is 12.9. The SMILES string of the molecule is CC(C=Cc1ccccc1)=NNC(=O)C(c1ccccc1)c1ccccc1. The quantitative estimate of drug-likeness (QED) is 0.490. The third kappa shape index (κ3) is 5.25. The minimum absolute atomic E-state index is 0.153. The molecule has 0 saturated heterocycles. The van der Waals surface area contributed by atoms with Crippen LogP contribution in [0.25, 0.3) is 6.08 Å². The van der Waals surface area contributed by atoms with E-state index < -0.39 is 5.92 Å². The zero-order valence-corrected chi connectivity index (χ0v) is 15.2. The van der Waals surface area contributed by atoms with Gasteiger partial charge in [0.25, 0.3) is 5.91 Å². The van der Waals surface area contributed by atoms with Gasteiger partial charge >= 0.3 is 0 Å². The smallest absolute Gasteiger partial charge is 0.252 e. The molecule has 0 radical (unpaired) electrons. The Kier molecular flexibility index (Phi) is 6.31. The van der Waals surface area contributed by atoms with Crippen molar-refractivity contribution in [3.05, 3.63) is 114 Å². The molecule has 0 unspecified atom stereocenters. The molecular weight excluding hydrogens is 332 g/mol. The second-order valence-corrected chi connectivity index (χ2v) is 6.23. The zero-order valence-electron chi connectivity index (χ0n) is 15.2. The average molecular weight is 354 g/mol. The number of nitrogens with one attached hydrogen (secondary N) is 1. The number of benzene rings is 3. The minimum atomic E-state index is -0.401. The Morgan fingerprint density at radius 3 is 1.81 bits per heavy atom. The summed E-state index contributed by atoms with van der Waals surface area (Å²) in [5, 5.41) is 4.24. The third-order valence-corrected chi connectivity index (χ3v) is 4.19. The van der Waals surface area contributed by atoms with E-state index in [2.05, 4.69) is 10.5 Å². The standard InChI is InChI=1S/C24H22N2O/c1-19(17-18-20-11-5-2-6-12-20)25-26-24(27)23(21-13-7-3-8-14-21)22-15-9-4-10-16-22/h2-18,23H,1H3,(H,26,27). The Hall–Kier alpha value is -3.46. The van der Waals surface area contributed by atoms with Crippen molar-refractivity contribution in [2.75, 3.05) is 0 Å². The summed E-state index contributed by atoms with van der Waals surface area (Å²) in [6, 6.07) is 29.5. The summed E-state index contributed by atoms with van der Waals surface area (Å²) in [6.07, 6.45) is 3.85. The van der Waals surface area contributed by atoms with Gasteiger partial charge in [-0.3, -0.25) is 4.79 Å². The topological polar surface area (TPSA) is 41.5 Å². The van der Waals surface area contributed by atoms with E-state index in [1.807, 2.05) is 110 Å². The molecule has 0 atom stereocenters. The van der Waals surface area contributed by atoms with Gasteiger partial charge < -0.3 is 0 Å². The lowest BCUT2D eigenvalue weighted by atomic mass is 9.91. The molecule has 0 spiro atoms. The Morgan fingerprint density at radius 1 is 0.815 bits per heavy atom. The first-order valence-corrected chi connectivity index (χ1v) is 8.91. The molecule has 3 heteroatoms. The van der Waals surface area contributed by atoms with Gasteiger partial charge in [-0.15, -0.1) is 0 Å². The van der Waals surface area contributed by atoms with Crippen LogP contribution in [0, 0.1) is 0 Å². The summed E-state index contributed by atoms with van der Waals surface area (Å²) < 4.78 is 0. The van der Waals surface area contributed by atoms with E-state index >= 15 is 0 Å². The Balaban J connectivity index is 1.76. The summed E-state index contributed by atoms with van der Waals surface area (Å²) in [4.78, 5) is 12.9. The molecule has 3 aromatic carbocycles. The van der Waals surface area contributed by atoms with Crippen LogP contribution in [-0.2, 0) is 4.79 Å². The number of rotatable bonds is 6. The molecule has 0 bridgehead atoms. The van der Waals surface area contributed by atoms with E-state index in [0.29, 0.717) is 0 Å². The van der Waals surface area contributed by atoms with E-state index in [1.165, 1.54) is 0 Å². The van der Waals surface area contributed by atoms with Gasteiger partial charge in [-0.1, -0.05) is 97.1 Å². The highest BCUT2D eigenvalue weighted by molar-refractivity contribution is 5.97. The summed E-state index contributed by atoms with van der Waals surface area (Å²) in [5.74, 6) is -0.554. The van der Waals surface area contributed by atoms with Crippen LogP contribution in [0.1, 0.15) is 29.5 Å². The highest BCUT2D eigenvalue weighted by Crippen LogP contribution is 2.24. The molecular formula is C24H22N2O. The van der Waals surface area contributed by atoms with E-state index in [0.717, 1.165) is 22.4 Å². The molecule has 27 heavy (non-hydrogen) atoms. The van der Waals surface area contributed by atoms with Crippen LogP contribution in [0.4, 0.5) is 0 Å². The number of amides is 1. The van der Waals surface area contributed by atoms with E-state index in [4.69, 9.17) is 0 Å². The van der Waals surface area contributed by atoms with Crippen LogP contribution in [-0.4, -0.2) is 11.6 Å². The van der Waals surface area contributed by atoms with Crippen molar-refractivity contribution in [2.45, 2.75) is 12.8 Å². The van der Waals surface area contributed by atoms with Crippen molar-refractivity contribution in [1.29, 1.82) is 0 Å². The number of carbonyl (C=O) groups excluding carboxylic acids is 1. The summed E-state index contributed by atoms with van der Waals surface area (Å²) in [7, 11) is 0. The first-order valence-electron chi connectivity index (χ1n) is 8.91. The lowest BCUT2D eigenvalue weighted by Crippen LogP contribution is -2.26.